The molecule has 0 bridgehead atoms. The van der Waals surface area contributed by atoms with Crippen LogP contribution in [0.25, 0.3) is 12.2 Å². The van der Waals surface area contributed by atoms with E-state index in [4.69, 9.17) is 8.83 Å². The van der Waals surface area contributed by atoms with Gasteiger partial charge in [0.25, 0.3) is 0 Å². The van der Waals surface area contributed by atoms with Crippen LogP contribution in [-0.2, 0) is 9.59 Å². The summed E-state index contributed by atoms with van der Waals surface area (Å²) in [6, 6.07) is 13.9. The minimum absolute atomic E-state index is 0.339. The molecular weight excluding hydrogens is 332 g/mol. The number of carbonyl (C=O) groups is 2. The molecule has 0 aliphatic rings. The number of anilines is 2. The third kappa shape index (κ3) is 4.85. The van der Waals surface area contributed by atoms with Crippen LogP contribution in [0.5, 0.6) is 0 Å². The Kier molecular flexibility index (Phi) is 5.47. The van der Waals surface area contributed by atoms with Crippen LogP contribution >= 0.6 is 0 Å². The highest BCUT2D eigenvalue weighted by molar-refractivity contribution is 6.07. The Morgan fingerprint density at radius 3 is 1.54 bits per heavy atom. The first-order valence-corrected chi connectivity index (χ1v) is 7.85. The molecule has 0 radical (unpaired) electrons. The smallest absolute Gasteiger partial charge is 0.248 e. The number of amides is 2. The molecule has 2 aromatic heterocycles. The molecule has 26 heavy (non-hydrogen) atoms. The Hall–Kier alpha value is -3.80. The zero-order valence-electron chi connectivity index (χ0n) is 13.7. The van der Waals surface area contributed by atoms with Crippen molar-refractivity contribution in [2.75, 3.05) is 10.6 Å². The maximum absolute atomic E-state index is 12.0. The molecule has 0 saturated carbocycles. The van der Waals surface area contributed by atoms with Crippen LogP contribution in [0.1, 0.15) is 11.5 Å². The minimum Gasteiger partial charge on any atom is -0.465 e. The van der Waals surface area contributed by atoms with Gasteiger partial charge in [-0.2, -0.15) is 0 Å². The van der Waals surface area contributed by atoms with Crippen molar-refractivity contribution in [1.82, 2.24) is 0 Å². The Balaban J connectivity index is 1.64. The fraction of sp³-hybridized carbons (Fsp3) is 0. The molecule has 3 rings (SSSR count). The minimum atomic E-state index is -0.339. The molecule has 0 aliphatic heterocycles. The van der Waals surface area contributed by atoms with Gasteiger partial charge in [0.15, 0.2) is 0 Å². The second-order valence-corrected chi connectivity index (χ2v) is 5.22. The lowest BCUT2D eigenvalue weighted by molar-refractivity contribution is -0.112. The second kappa shape index (κ2) is 8.34. The third-order valence-corrected chi connectivity index (χ3v) is 3.33. The monoisotopic (exact) mass is 348 g/mol. The number of furan rings is 2. The second-order valence-electron chi connectivity index (χ2n) is 5.22. The maximum atomic E-state index is 12.0. The highest BCUT2D eigenvalue weighted by atomic mass is 16.3. The van der Waals surface area contributed by atoms with Crippen molar-refractivity contribution in [1.29, 1.82) is 0 Å². The van der Waals surface area contributed by atoms with Gasteiger partial charge in [-0.1, -0.05) is 12.1 Å². The summed E-state index contributed by atoms with van der Waals surface area (Å²) < 4.78 is 10.3. The highest BCUT2D eigenvalue weighted by Gasteiger charge is 2.06. The van der Waals surface area contributed by atoms with Crippen molar-refractivity contribution in [2.24, 2.45) is 0 Å². The summed E-state index contributed by atoms with van der Waals surface area (Å²) in [7, 11) is 0. The molecule has 0 saturated heterocycles. The molecule has 2 heterocycles. The number of nitrogens with one attached hydrogen (secondary N) is 2. The maximum Gasteiger partial charge on any atom is 0.248 e. The molecule has 6 nitrogen and oxygen atoms in total. The predicted molar refractivity (Wildman–Crippen MR) is 99.2 cm³/mol. The van der Waals surface area contributed by atoms with Crippen LogP contribution in [0.15, 0.2) is 82.0 Å². The number of hydrogen-bond donors (Lipinski definition) is 2. The SMILES string of the molecule is O=C(C=Cc1ccco1)Nc1ccccc1NC(=O)C=Cc1ccco1. The van der Waals surface area contributed by atoms with E-state index in [9.17, 15) is 9.59 Å². The van der Waals surface area contributed by atoms with E-state index in [1.54, 1.807) is 60.7 Å². The Morgan fingerprint density at radius 1 is 0.692 bits per heavy atom. The number of rotatable bonds is 6. The Morgan fingerprint density at radius 2 is 1.15 bits per heavy atom. The average Bonchev–Trinajstić information content (AvgIpc) is 3.34. The van der Waals surface area contributed by atoms with E-state index in [1.165, 1.54) is 24.7 Å². The lowest BCUT2D eigenvalue weighted by Gasteiger charge is -2.09. The molecule has 0 fully saturated rings. The summed E-state index contributed by atoms with van der Waals surface area (Å²) >= 11 is 0. The van der Waals surface area contributed by atoms with Crippen molar-refractivity contribution in [3.8, 4) is 0 Å². The number of para-hydroxylation sites is 2. The zero-order chi connectivity index (χ0) is 18.2. The van der Waals surface area contributed by atoms with Gasteiger partial charge in [-0.3, -0.25) is 9.59 Å². The van der Waals surface area contributed by atoms with Crippen LogP contribution in [0, 0.1) is 0 Å². The van der Waals surface area contributed by atoms with Crippen molar-refractivity contribution in [3.05, 3.63) is 84.7 Å². The topological polar surface area (TPSA) is 84.5 Å². The van der Waals surface area contributed by atoms with Crippen LogP contribution in [0.2, 0.25) is 0 Å². The summed E-state index contributed by atoms with van der Waals surface area (Å²) in [4.78, 5) is 24.1. The standard InChI is InChI=1S/C20H16N2O4/c23-19(11-9-15-5-3-13-25-15)21-17-7-1-2-8-18(17)22-20(24)12-10-16-6-4-14-26-16/h1-14H,(H,21,23)(H,22,24). The van der Waals surface area contributed by atoms with Crippen molar-refractivity contribution in [3.63, 3.8) is 0 Å². The number of carbonyl (C=O) groups excluding carboxylic acids is 2. The molecule has 2 amide bonds. The van der Waals surface area contributed by atoms with Gasteiger partial charge < -0.3 is 19.5 Å². The van der Waals surface area contributed by atoms with E-state index >= 15 is 0 Å². The van der Waals surface area contributed by atoms with Gasteiger partial charge in [-0.15, -0.1) is 0 Å². The van der Waals surface area contributed by atoms with Crippen molar-refractivity contribution in [2.45, 2.75) is 0 Å². The Labute approximate surface area is 149 Å². The molecule has 0 atom stereocenters. The summed E-state index contributed by atoms with van der Waals surface area (Å²) in [6.45, 7) is 0. The van der Waals surface area contributed by atoms with Gasteiger partial charge in [0, 0.05) is 12.2 Å². The summed E-state index contributed by atoms with van der Waals surface area (Å²) in [5, 5.41) is 5.45. The molecule has 0 unspecified atom stereocenters. The molecule has 0 aliphatic carbocycles. The van der Waals surface area contributed by atoms with Crippen molar-refractivity contribution >= 4 is 35.3 Å². The van der Waals surface area contributed by atoms with Gasteiger partial charge in [0.2, 0.25) is 11.8 Å². The number of benzene rings is 1. The fourth-order valence-corrected chi connectivity index (χ4v) is 2.14. The van der Waals surface area contributed by atoms with E-state index in [1.807, 2.05) is 0 Å². The lowest BCUT2D eigenvalue weighted by Crippen LogP contribution is -2.13. The van der Waals surface area contributed by atoms with Gasteiger partial charge >= 0.3 is 0 Å². The van der Waals surface area contributed by atoms with Crippen LogP contribution in [0.3, 0.4) is 0 Å². The van der Waals surface area contributed by atoms with E-state index in [2.05, 4.69) is 10.6 Å². The Bertz CT molecular complexity index is 845. The molecule has 6 heteroatoms. The molecule has 0 spiro atoms. The highest BCUT2D eigenvalue weighted by Crippen LogP contribution is 2.21. The largest absolute Gasteiger partial charge is 0.465 e. The van der Waals surface area contributed by atoms with E-state index in [0.29, 0.717) is 22.9 Å². The average molecular weight is 348 g/mol. The van der Waals surface area contributed by atoms with Gasteiger partial charge in [-0.05, 0) is 48.6 Å². The van der Waals surface area contributed by atoms with Gasteiger partial charge in [0.05, 0.1) is 23.9 Å². The fourth-order valence-electron chi connectivity index (χ4n) is 2.14. The molecule has 2 N–H and O–H groups in total. The zero-order valence-corrected chi connectivity index (χ0v) is 13.7. The van der Waals surface area contributed by atoms with E-state index < -0.39 is 0 Å². The molecule has 3 aromatic rings. The van der Waals surface area contributed by atoms with Crippen LogP contribution in [0.4, 0.5) is 11.4 Å². The van der Waals surface area contributed by atoms with Crippen LogP contribution in [-0.4, -0.2) is 11.8 Å². The first kappa shape index (κ1) is 17.0. The third-order valence-electron chi connectivity index (χ3n) is 3.33. The summed E-state index contributed by atoms with van der Waals surface area (Å²) in [5.74, 6) is 0.470. The van der Waals surface area contributed by atoms with E-state index in [0.717, 1.165) is 0 Å². The molecule has 1 aromatic carbocycles. The quantitative estimate of drug-likeness (QED) is 0.655. The van der Waals surface area contributed by atoms with E-state index in [-0.39, 0.29) is 11.8 Å². The molecular formula is C20H16N2O4. The lowest BCUT2D eigenvalue weighted by atomic mass is 10.2. The summed E-state index contributed by atoms with van der Waals surface area (Å²) in [5.41, 5.74) is 0.975. The van der Waals surface area contributed by atoms with Crippen molar-refractivity contribution < 1.29 is 18.4 Å². The number of hydrogen-bond acceptors (Lipinski definition) is 4. The molecule has 130 valence electrons. The predicted octanol–water partition coefficient (Wildman–Crippen LogP) is 4.18. The first-order chi connectivity index (χ1) is 12.7. The normalized spacial score (nSPS) is 11.1. The van der Waals surface area contributed by atoms with Gasteiger partial charge in [-0.25, -0.2) is 0 Å². The van der Waals surface area contributed by atoms with Crippen LogP contribution < -0.4 is 10.6 Å². The summed E-state index contributed by atoms with van der Waals surface area (Å²) in [6.07, 6.45) is 8.88. The van der Waals surface area contributed by atoms with Gasteiger partial charge in [0.1, 0.15) is 11.5 Å². The first-order valence-electron chi connectivity index (χ1n) is 7.85.